The number of carboxylic acids is 1. The smallest absolute Gasteiger partial charge is 0.311 e. The van der Waals surface area contributed by atoms with Crippen LogP contribution in [0.25, 0.3) is 0 Å². The molecule has 0 saturated heterocycles. The van der Waals surface area contributed by atoms with Crippen molar-refractivity contribution < 1.29 is 14.7 Å². The normalized spacial score (nSPS) is 16.6. The van der Waals surface area contributed by atoms with Gasteiger partial charge in [0, 0.05) is 12.2 Å². The minimum atomic E-state index is -0.830. The van der Waals surface area contributed by atoms with E-state index in [-0.39, 0.29) is 5.91 Å². The van der Waals surface area contributed by atoms with Gasteiger partial charge < -0.3 is 10.0 Å². The molecule has 0 bridgehead atoms. The highest BCUT2D eigenvalue weighted by atomic mass is 16.4. The van der Waals surface area contributed by atoms with Gasteiger partial charge in [-0.25, -0.2) is 0 Å². The average Bonchev–Trinajstić information content (AvgIpc) is 2.56. The maximum Gasteiger partial charge on any atom is 0.311 e. The van der Waals surface area contributed by atoms with Crippen molar-refractivity contribution in [2.24, 2.45) is 0 Å². The van der Waals surface area contributed by atoms with E-state index in [0.717, 1.165) is 27.9 Å². The van der Waals surface area contributed by atoms with Crippen LogP contribution in [-0.2, 0) is 16.0 Å². The van der Waals surface area contributed by atoms with E-state index in [2.05, 4.69) is 0 Å². The van der Waals surface area contributed by atoms with E-state index >= 15 is 0 Å². The largest absolute Gasteiger partial charge is 0.481 e. The standard InChI is InChI=1S/C20H21NO3/c1-13-7-8-14(2)15(11-13)12-19(22)21-10-9-17(20(23)24)16-5-3-4-6-18(16)21/h3-8,11,17H,9-10,12H2,1-2H3,(H,23,24). The number of nitrogens with zero attached hydrogens (tertiary/aromatic N) is 1. The molecule has 0 radical (unpaired) electrons. The summed E-state index contributed by atoms with van der Waals surface area (Å²) in [7, 11) is 0. The molecule has 1 aliphatic rings. The third-order valence-electron chi connectivity index (χ3n) is 4.69. The van der Waals surface area contributed by atoms with Gasteiger partial charge in [-0.1, -0.05) is 42.0 Å². The van der Waals surface area contributed by atoms with Crippen molar-refractivity contribution in [3.05, 3.63) is 64.7 Å². The van der Waals surface area contributed by atoms with Gasteiger partial charge in [-0.15, -0.1) is 0 Å². The molecule has 1 amide bonds. The Balaban J connectivity index is 1.89. The van der Waals surface area contributed by atoms with Crippen molar-refractivity contribution in [1.82, 2.24) is 0 Å². The van der Waals surface area contributed by atoms with Crippen molar-refractivity contribution in [3.8, 4) is 0 Å². The van der Waals surface area contributed by atoms with Crippen molar-refractivity contribution in [2.45, 2.75) is 32.6 Å². The summed E-state index contributed by atoms with van der Waals surface area (Å²) in [6, 6.07) is 13.4. The summed E-state index contributed by atoms with van der Waals surface area (Å²) in [5, 5.41) is 9.41. The fourth-order valence-electron chi connectivity index (χ4n) is 3.33. The lowest BCUT2D eigenvalue weighted by atomic mass is 9.89. The Labute approximate surface area is 141 Å². The SMILES string of the molecule is Cc1ccc(C)c(CC(=O)N2CCC(C(=O)O)c3ccccc32)c1. The number of carbonyl (C=O) groups is 2. The zero-order valence-electron chi connectivity index (χ0n) is 14.0. The van der Waals surface area contributed by atoms with Gasteiger partial charge in [0.1, 0.15) is 0 Å². The van der Waals surface area contributed by atoms with E-state index in [1.54, 1.807) is 4.90 Å². The van der Waals surface area contributed by atoms with E-state index in [1.807, 2.05) is 56.3 Å². The molecule has 1 heterocycles. The van der Waals surface area contributed by atoms with Crippen LogP contribution in [0.2, 0.25) is 0 Å². The molecular weight excluding hydrogens is 302 g/mol. The number of carbonyl (C=O) groups excluding carboxylic acids is 1. The van der Waals surface area contributed by atoms with Crippen LogP contribution in [0.1, 0.15) is 34.6 Å². The van der Waals surface area contributed by atoms with Gasteiger partial charge in [0.25, 0.3) is 0 Å². The molecule has 1 atom stereocenters. The molecule has 4 nitrogen and oxygen atoms in total. The molecule has 1 N–H and O–H groups in total. The Morgan fingerprint density at radius 1 is 1.17 bits per heavy atom. The Kier molecular flexibility index (Phi) is 4.38. The van der Waals surface area contributed by atoms with Crippen molar-refractivity contribution in [1.29, 1.82) is 0 Å². The van der Waals surface area contributed by atoms with Crippen molar-refractivity contribution in [3.63, 3.8) is 0 Å². The number of aliphatic carboxylic acids is 1. The summed E-state index contributed by atoms with van der Waals surface area (Å²) in [6.07, 6.45) is 0.782. The van der Waals surface area contributed by atoms with E-state index in [0.29, 0.717) is 19.4 Å². The molecule has 0 saturated carbocycles. The summed E-state index contributed by atoms with van der Waals surface area (Å²) in [5.41, 5.74) is 4.71. The molecule has 124 valence electrons. The molecule has 1 unspecified atom stereocenters. The second kappa shape index (κ2) is 6.48. The Morgan fingerprint density at radius 3 is 2.67 bits per heavy atom. The van der Waals surface area contributed by atoms with Gasteiger partial charge in [-0.2, -0.15) is 0 Å². The highest BCUT2D eigenvalue weighted by Gasteiger charge is 2.32. The molecule has 3 rings (SSSR count). The number of para-hydroxylation sites is 1. The van der Waals surface area contributed by atoms with E-state index in [9.17, 15) is 14.7 Å². The predicted molar refractivity (Wildman–Crippen MR) is 93.4 cm³/mol. The van der Waals surface area contributed by atoms with Gasteiger partial charge in [-0.05, 0) is 43.0 Å². The van der Waals surface area contributed by atoms with Crippen LogP contribution in [0.15, 0.2) is 42.5 Å². The van der Waals surface area contributed by atoms with Gasteiger partial charge >= 0.3 is 5.97 Å². The molecule has 2 aromatic carbocycles. The van der Waals surface area contributed by atoms with Crippen LogP contribution in [0, 0.1) is 13.8 Å². The number of hydrogen-bond acceptors (Lipinski definition) is 2. The number of hydrogen-bond donors (Lipinski definition) is 1. The fraction of sp³-hybridized carbons (Fsp3) is 0.300. The van der Waals surface area contributed by atoms with Gasteiger partial charge in [0.2, 0.25) is 5.91 Å². The Bertz CT molecular complexity index is 797. The third kappa shape index (κ3) is 3.04. The number of anilines is 1. The number of aryl methyl sites for hydroxylation is 2. The van der Waals surface area contributed by atoms with Gasteiger partial charge in [-0.3, -0.25) is 9.59 Å². The van der Waals surface area contributed by atoms with Crippen LogP contribution in [0.3, 0.4) is 0 Å². The zero-order valence-corrected chi connectivity index (χ0v) is 14.0. The minimum absolute atomic E-state index is 0.0139. The minimum Gasteiger partial charge on any atom is -0.481 e. The third-order valence-corrected chi connectivity index (χ3v) is 4.69. The molecule has 4 heteroatoms. The number of fused-ring (bicyclic) bond motifs is 1. The lowest BCUT2D eigenvalue weighted by Gasteiger charge is -2.33. The molecule has 0 aliphatic carbocycles. The summed E-state index contributed by atoms with van der Waals surface area (Å²) >= 11 is 0. The maximum atomic E-state index is 12.8. The topological polar surface area (TPSA) is 57.6 Å². The van der Waals surface area contributed by atoms with Gasteiger partial charge in [0.15, 0.2) is 0 Å². The van der Waals surface area contributed by atoms with Crippen LogP contribution in [0.4, 0.5) is 5.69 Å². The van der Waals surface area contributed by atoms with Crippen molar-refractivity contribution in [2.75, 3.05) is 11.4 Å². The molecule has 0 fully saturated rings. The molecular formula is C20H21NO3. The van der Waals surface area contributed by atoms with Crippen molar-refractivity contribution >= 4 is 17.6 Å². The lowest BCUT2D eigenvalue weighted by Crippen LogP contribution is -2.39. The predicted octanol–water partition coefficient (Wildman–Crippen LogP) is 3.45. The first-order valence-electron chi connectivity index (χ1n) is 8.15. The van der Waals surface area contributed by atoms with Crippen LogP contribution >= 0.6 is 0 Å². The Hall–Kier alpha value is -2.62. The molecule has 0 spiro atoms. The van der Waals surface area contributed by atoms with Gasteiger partial charge in [0.05, 0.1) is 12.3 Å². The number of rotatable bonds is 3. The molecule has 0 aromatic heterocycles. The summed E-state index contributed by atoms with van der Waals surface area (Å²) in [5.74, 6) is -1.35. The average molecular weight is 323 g/mol. The number of benzene rings is 2. The fourth-order valence-corrected chi connectivity index (χ4v) is 3.33. The monoisotopic (exact) mass is 323 g/mol. The first-order valence-corrected chi connectivity index (χ1v) is 8.15. The van der Waals surface area contributed by atoms with E-state index in [1.165, 1.54) is 0 Å². The first kappa shape index (κ1) is 16.2. The maximum absolute atomic E-state index is 12.8. The van der Waals surface area contributed by atoms with E-state index < -0.39 is 11.9 Å². The summed E-state index contributed by atoms with van der Waals surface area (Å²) in [4.78, 5) is 26.0. The Morgan fingerprint density at radius 2 is 1.92 bits per heavy atom. The highest BCUT2D eigenvalue weighted by molar-refractivity contribution is 5.97. The summed E-state index contributed by atoms with van der Waals surface area (Å²) < 4.78 is 0. The molecule has 24 heavy (non-hydrogen) atoms. The van der Waals surface area contributed by atoms with E-state index in [4.69, 9.17) is 0 Å². The summed E-state index contributed by atoms with van der Waals surface area (Å²) in [6.45, 7) is 4.46. The first-order chi connectivity index (χ1) is 11.5. The second-order valence-corrected chi connectivity index (χ2v) is 6.39. The highest BCUT2D eigenvalue weighted by Crippen LogP contribution is 2.35. The number of carboxylic acid groups (broad SMARTS) is 1. The number of amides is 1. The van der Waals surface area contributed by atoms with Crippen LogP contribution < -0.4 is 4.90 Å². The quantitative estimate of drug-likeness (QED) is 0.941. The molecule has 1 aliphatic heterocycles. The second-order valence-electron chi connectivity index (χ2n) is 6.39. The van der Waals surface area contributed by atoms with Crippen LogP contribution in [-0.4, -0.2) is 23.5 Å². The molecule has 2 aromatic rings. The van der Waals surface area contributed by atoms with Crippen LogP contribution in [0.5, 0.6) is 0 Å². The lowest BCUT2D eigenvalue weighted by molar-refractivity contribution is -0.139. The zero-order chi connectivity index (χ0) is 17.3.